The van der Waals surface area contributed by atoms with Gasteiger partial charge in [-0.1, -0.05) is 20.3 Å². The number of carbonyl (C=O) groups is 1. The SMILES string of the molecule is CCCCN(C)CC(C)(NCC)C(=O)OC. The van der Waals surface area contributed by atoms with Gasteiger partial charge >= 0.3 is 5.97 Å². The third kappa shape index (κ3) is 4.94. The third-order valence-electron chi connectivity index (χ3n) is 2.68. The molecule has 16 heavy (non-hydrogen) atoms. The Balaban J connectivity index is 4.36. The topological polar surface area (TPSA) is 41.6 Å². The van der Waals surface area contributed by atoms with E-state index in [2.05, 4.69) is 17.1 Å². The van der Waals surface area contributed by atoms with Crippen LogP contribution < -0.4 is 5.32 Å². The van der Waals surface area contributed by atoms with E-state index in [1.165, 1.54) is 13.5 Å². The van der Waals surface area contributed by atoms with Gasteiger partial charge in [0, 0.05) is 6.54 Å². The Morgan fingerprint density at radius 1 is 1.44 bits per heavy atom. The van der Waals surface area contributed by atoms with Gasteiger partial charge in [-0.25, -0.2) is 0 Å². The van der Waals surface area contributed by atoms with E-state index in [0.29, 0.717) is 6.54 Å². The van der Waals surface area contributed by atoms with E-state index in [0.717, 1.165) is 19.5 Å². The molecule has 0 amide bonds. The highest BCUT2D eigenvalue weighted by Gasteiger charge is 2.34. The van der Waals surface area contributed by atoms with Gasteiger partial charge in [-0.3, -0.25) is 4.79 Å². The molecule has 0 bridgehead atoms. The second kappa shape index (κ2) is 7.63. The Morgan fingerprint density at radius 2 is 2.06 bits per heavy atom. The number of rotatable bonds is 8. The molecule has 1 atom stereocenters. The molecule has 0 aliphatic heterocycles. The molecule has 0 aromatic heterocycles. The van der Waals surface area contributed by atoms with Crippen molar-refractivity contribution in [3.05, 3.63) is 0 Å². The first-order valence-electron chi connectivity index (χ1n) is 6.02. The molecule has 0 saturated heterocycles. The number of ether oxygens (including phenoxy) is 1. The Bertz CT molecular complexity index is 209. The number of unbranched alkanes of at least 4 members (excludes halogenated alkanes) is 1. The van der Waals surface area contributed by atoms with E-state index in [4.69, 9.17) is 4.74 Å². The van der Waals surface area contributed by atoms with Crippen LogP contribution in [0.2, 0.25) is 0 Å². The van der Waals surface area contributed by atoms with Crippen molar-refractivity contribution in [2.75, 3.05) is 33.8 Å². The van der Waals surface area contributed by atoms with E-state index in [1.54, 1.807) is 0 Å². The van der Waals surface area contributed by atoms with E-state index in [-0.39, 0.29) is 5.97 Å². The second-order valence-corrected chi connectivity index (χ2v) is 4.45. The summed E-state index contributed by atoms with van der Waals surface area (Å²) < 4.78 is 4.85. The summed E-state index contributed by atoms with van der Waals surface area (Å²) in [6.45, 7) is 8.49. The van der Waals surface area contributed by atoms with Gasteiger partial charge in [0.05, 0.1) is 7.11 Å². The molecule has 0 aliphatic carbocycles. The summed E-state index contributed by atoms with van der Waals surface area (Å²) in [7, 11) is 3.47. The molecule has 0 saturated carbocycles. The molecule has 0 rings (SSSR count). The molecule has 1 unspecified atom stereocenters. The van der Waals surface area contributed by atoms with Crippen LogP contribution in [0.1, 0.15) is 33.6 Å². The van der Waals surface area contributed by atoms with Crippen LogP contribution in [-0.4, -0.2) is 50.2 Å². The molecule has 0 aromatic carbocycles. The zero-order valence-electron chi connectivity index (χ0n) is 11.3. The number of hydrogen-bond donors (Lipinski definition) is 1. The van der Waals surface area contributed by atoms with Gasteiger partial charge in [0.25, 0.3) is 0 Å². The van der Waals surface area contributed by atoms with E-state index < -0.39 is 5.54 Å². The lowest BCUT2D eigenvalue weighted by atomic mass is 10.0. The molecule has 1 N–H and O–H groups in total. The van der Waals surface area contributed by atoms with Crippen molar-refractivity contribution in [1.82, 2.24) is 10.2 Å². The van der Waals surface area contributed by atoms with Crippen LogP contribution in [0.3, 0.4) is 0 Å². The number of esters is 1. The van der Waals surface area contributed by atoms with E-state index in [1.807, 2.05) is 20.9 Å². The Hall–Kier alpha value is -0.610. The summed E-state index contributed by atoms with van der Waals surface area (Å²) in [5.41, 5.74) is -0.605. The first-order valence-corrected chi connectivity index (χ1v) is 6.02. The molecule has 4 nitrogen and oxygen atoms in total. The normalized spacial score (nSPS) is 14.9. The van der Waals surface area contributed by atoms with Crippen molar-refractivity contribution < 1.29 is 9.53 Å². The Labute approximate surface area is 99.3 Å². The summed E-state index contributed by atoms with van der Waals surface area (Å²) in [4.78, 5) is 13.9. The molecule has 0 aliphatic rings. The van der Waals surface area contributed by atoms with E-state index >= 15 is 0 Å². The quantitative estimate of drug-likeness (QED) is 0.637. The Kier molecular flexibility index (Phi) is 7.34. The molecule has 0 radical (unpaired) electrons. The van der Waals surface area contributed by atoms with Gasteiger partial charge in [-0.2, -0.15) is 0 Å². The minimum Gasteiger partial charge on any atom is -0.468 e. The van der Waals surface area contributed by atoms with Crippen LogP contribution in [0.25, 0.3) is 0 Å². The molecule has 0 fully saturated rings. The zero-order valence-corrected chi connectivity index (χ0v) is 11.3. The average Bonchev–Trinajstić information content (AvgIpc) is 2.25. The highest BCUT2D eigenvalue weighted by molar-refractivity contribution is 5.80. The van der Waals surface area contributed by atoms with Crippen molar-refractivity contribution in [2.24, 2.45) is 0 Å². The molecule has 0 spiro atoms. The zero-order chi connectivity index (χ0) is 12.6. The maximum absolute atomic E-state index is 11.7. The standard InChI is InChI=1S/C12H26N2O2/c1-6-8-9-14(4)10-12(3,13-7-2)11(15)16-5/h13H,6-10H2,1-5H3. The summed E-state index contributed by atoms with van der Waals surface area (Å²) in [6.07, 6.45) is 2.32. The first-order chi connectivity index (χ1) is 7.50. The lowest BCUT2D eigenvalue weighted by Crippen LogP contribution is -2.56. The number of carbonyl (C=O) groups excluding carboxylic acids is 1. The first kappa shape index (κ1) is 15.4. The fourth-order valence-corrected chi connectivity index (χ4v) is 1.85. The van der Waals surface area contributed by atoms with Gasteiger partial charge in [0.2, 0.25) is 0 Å². The fourth-order valence-electron chi connectivity index (χ4n) is 1.85. The molecule has 4 heteroatoms. The van der Waals surface area contributed by atoms with Gasteiger partial charge in [0.15, 0.2) is 0 Å². The number of likely N-dealkylation sites (N-methyl/N-ethyl adjacent to an activating group) is 2. The summed E-state index contributed by atoms with van der Waals surface area (Å²) in [5.74, 6) is -0.197. The van der Waals surface area contributed by atoms with Crippen molar-refractivity contribution in [1.29, 1.82) is 0 Å². The van der Waals surface area contributed by atoms with Crippen molar-refractivity contribution in [3.63, 3.8) is 0 Å². The van der Waals surface area contributed by atoms with Gasteiger partial charge in [-0.15, -0.1) is 0 Å². The highest BCUT2D eigenvalue weighted by atomic mass is 16.5. The smallest absolute Gasteiger partial charge is 0.327 e. The molecule has 96 valence electrons. The molecule has 0 heterocycles. The number of methoxy groups -OCH3 is 1. The maximum atomic E-state index is 11.7. The number of nitrogens with zero attached hydrogens (tertiary/aromatic N) is 1. The molecular weight excluding hydrogens is 204 g/mol. The molecular formula is C12H26N2O2. The van der Waals surface area contributed by atoms with Crippen molar-refractivity contribution in [2.45, 2.75) is 39.2 Å². The monoisotopic (exact) mass is 230 g/mol. The van der Waals surface area contributed by atoms with Gasteiger partial charge in [0.1, 0.15) is 5.54 Å². The van der Waals surface area contributed by atoms with Crippen LogP contribution in [0.4, 0.5) is 0 Å². The van der Waals surface area contributed by atoms with Crippen LogP contribution in [0.5, 0.6) is 0 Å². The maximum Gasteiger partial charge on any atom is 0.327 e. The summed E-state index contributed by atoms with van der Waals surface area (Å²) in [6, 6.07) is 0. The minimum atomic E-state index is -0.605. The van der Waals surface area contributed by atoms with Crippen LogP contribution >= 0.6 is 0 Å². The largest absolute Gasteiger partial charge is 0.468 e. The molecule has 0 aromatic rings. The van der Waals surface area contributed by atoms with Gasteiger partial charge in [-0.05, 0) is 33.5 Å². The minimum absolute atomic E-state index is 0.197. The van der Waals surface area contributed by atoms with Crippen molar-refractivity contribution >= 4 is 5.97 Å². The lowest BCUT2D eigenvalue weighted by molar-refractivity contribution is -0.148. The number of hydrogen-bond acceptors (Lipinski definition) is 4. The van der Waals surface area contributed by atoms with Crippen LogP contribution in [0, 0.1) is 0 Å². The average molecular weight is 230 g/mol. The highest BCUT2D eigenvalue weighted by Crippen LogP contribution is 2.09. The van der Waals surface area contributed by atoms with E-state index in [9.17, 15) is 4.79 Å². The fraction of sp³-hybridized carbons (Fsp3) is 0.917. The summed E-state index contributed by atoms with van der Waals surface area (Å²) >= 11 is 0. The number of nitrogens with one attached hydrogen (secondary N) is 1. The van der Waals surface area contributed by atoms with Crippen molar-refractivity contribution in [3.8, 4) is 0 Å². The third-order valence-corrected chi connectivity index (χ3v) is 2.68. The predicted octanol–water partition coefficient (Wildman–Crippen LogP) is 1.26. The van der Waals surface area contributed by atoms with Gasteiger partial charge < -0.3 is 15.0 Å². The predicted molar refractivity (Wildman–Crippen MR) is 66.5 cm³/mol. The Morgan fingerprint density at radius 3 is 2.50 bits per heavy atom. The second-order valence-electron chi connectivity index (χ2n) is 4.45. The van der Waals surface area contributed by atoms with Crippen LogP contribution in [0.15, 0.2) is 0 Å². The van der Waals surface area contributed by atoms with Crippen LogP contribution in [-0.2, 0) is 9.53 Å². The summed E-state index contributed by atoms with van der Waals surface area (Å²) in [5, 5.41) is 3.20. The lowest BCUT2D eigenvalue weighted by Gasteiger charge is -2.32.